The summed E-state index contributed by atoms with van der Waals surface area (Å²) < 4.78 is 5.52. The van der Waals surface area contributed by atoms with Crippen LogP contribution in [0.4, 0.5) is 0 Å². The smallest absolute Gasteiger partial charge is 0.261 e. The largest absolute Gasteiger partial charge is 0.482 e. The Labute approximate surface area is 173 Å². The second kappa shape index (κ2) is 9.83. The van der Waals surface area contributed by atoms with Crippen LogP contribution in [-0.4, -0.2) is 36.4 Å². The maximum absolute atomic E-state index is 12.8. The lowest BCUT2D eigenvalue weighted by molar-refractivity contribution is -0.142. The Balaban J connectivity index is 2.19. The highest BCUT2D eigenvalue weighted by atomic mass is 35.5. The Hall–Kier alpha value is -1.95. The molecular formula is C19H19Cl3N2O3. The van der Waals surface area contributed by atoms with Crippen molar-refractivity contribution in [3.63, 3.8) is 0 Å². The first-order valence-electron chi connectivity index (χ1n) is 8.15. The van der Waals surface area contributed by atoms with Gasteiger partial charge in [-0.2, -0.15) is 0 Å². The van der Waals surface area contributed by atoms with E-state index in [0.29, 0.717) is 26.4 Å². The molecule has 0 bridgehead atoms. The SMILES string of the molecule is CNC(=O)C(C)N(Cc1ccc(Cl)cc1Cl)C(=O)COc1ccccc1Cl. The van der Waals surface area contributed by atoms with Crippen LogP contribution in [0.5, 0.6) is 5.75 Å². The number of likely N-dealkylation sites (N-methyl/N-ethyl adjacent to an activating group) is 1. The van der Waals surface area contributed by atoms with Gasteiger partial charge in [-0.15, -0.1) is 0 Å². The van der Waals surface area contributed by atoms with Gasteiger partial charge in [-0.3, -0.25) is 9.59 Å². The first-order chi connectivity index (χ1) is 12.8. The molecule has 0 spiro atoms. The number of hydrogen-bond acceptors (Lipinski definition) is 3. The van der Waals surface area contributed by atoms with E-state index in [1.807, 2.05) is 0 Å². The number of para-hydroxylation sites is 1. The van der Waals surface area contributed by atoms with E-state index in [2.05, 4.69) is 5.32 Å². The minimum atomic E-state index is -0.718. The summed E-state index contributed by atoms with van der Waals surface area (Å²) in [7, 11) is 1.51. The second-order valence-corrected chi connectivity index (χ2v) is 7.02. The van der Waals surface area contributed by atoms with Gasteiger partial charge < -0.3 is 15.0 Å². The summed E-state index contributed by atoms with van der Waals surface area (Å²) in [5.74, 6) is -0.284. The molecule has 5 nitrogen and oxygen atoms in total. The first kappa shape index (κ1) is 21.4. The summed E-state index contributed by atoms with van der Waals surface area (Å²) in [6.07, 6.45) is 0. The zero-order valence-corrected chi connectivity index (χ0v) is 17.1. The molecule has 0 aromatic heterocycles. The van der Waals surface area contributed by atoms with Gasteiger partial charge in [0, 0.05) is 23.6 Å². The predicted octanol–water partition coefficient (Wildman–Crippen LogP) is 4.19. The number of carbonyl (C=O) groups excluding carboxylic acids is 2. The average molecular weight is 430 g/mol. The van der Waals surface area contributed by atoms with Gasteiger partial charge in [0.2, 0.25) is 5.91 Å². The molecule has 2 amide bonds. The highest BCUT2D eigenvalue weighted by Crippen LogP contribution is 2.25. The highest BCUT2D eigenvalue weighted by Gasteiger charge is 2.26. The van der Waals surface area contributed by atoms with E-state index in [1.165, 1.54) is 11.9 Å². The topological polar surface area (TPSA) is 58.6 Å². The van der Waals surface area contributed by atoms with Gasteiger partial charge >= 0.3 is 0 Å². The van der Waals surface area contributed by atoms with Crippen molar-refractivity contribution in [1.29, 1.82) is 0 Å². The number of halogens is 3. The quantitative estimate of drug-likeness (QED) is 0.718. The summed E-state index contributed by atoms with van der Waals surface area (Å²) in [6, 6.07) is 11.1. The molecule has 8 heteroatoms. The molecule has 1 unspecified atom stereocenters. The van der Waals surface area contributed by atoms with Crippen molar-refractivity contribution in [2.75, 3.05) is 13.7 Å². The monoisotopic (exact) mass is 428 g/mol. The van der Waals surface area contributed by atoms with Crippen molar-refractivity contribution in [3.05, 3.63) is 63.1 Å². The van der Waals surface area contributed by atoms with Gasteiger partial charge in [0.1, 0.15) is 11.8 Å². The maximum Gasteiger partial charge on any atom is 0.261 e. The molecule has 0 aliphatic rings. The Morgan fingerprint density at radius 2 is 1.81 bits per heavy atom. The van der Waals surface area contributed by atoms with Gasteiger partial charge in [-0.25, -0.2) is 0 Å². The molecule has 2 aromatic carbocycles. The molecule has 0 radical (unpaired) electrons. The van der Waals surface area contributed by atoms with Crippen molar-refractivity contribution < 1.29 is 14.3 Å². The van der Waals surface area contributed by atoms with Crippen molar-refractivity contribution >= 4 is 46.6 Å². The lowest BCUT2D eigenvalue weighted by atomic mass is 10.1. The van der Waals surface area contributed by atoms with Crippen LogP contribution in [0, 0.1) is 0 Å². The minimum Gasteiger partial charge on any atom is -0.482 e. The third-order valence-electron chi connectivity index (χ3n) is 3.96. The Kier molecular flexibility index (Phi) is 7.78. The molecule has 0 saturated heterocycles. The van der Waals surface area contributed by atoms with E-state index >= 15 is 0 Å². The van der Waals surface area contributed by atoms with Gasteiger partial charge in [-0.1, -0.05) is 53.0 Å². The van der Waals surface area contributed by atoms with Crippen LogP contribution in [0.2, 0.25) is 15.1 Å². The van der Waals surface area contributed by atoms with Crippen molar-refractivity contribution in [1.82, 2.24) is 10.2 Å². The molecule has 0 heterocycles. The van der Waals surface area contributed by atoms with Crippen LogP contribution in [0.3, 0.4) is 0 Å². The van der Waals surface area contributed by atoms with Crippen LogP contribution in [-0.2, 0) is 16.1 Å². The first-order valence-corrected chi connectivity index (χ1v) is 9.29. The summed E-state index contributed by atoms with van der Waals surface area (Å²) in [5, 5.41) is 3.85. The van der Waals surface area contributed by atoms with Crippen LogP contribution in [0.1, 0.15) is 12.5 Å². The normalized spacial score (nSPS) is 11.6. The summed E-state index contributed by atoms with van der Waals surface area (Å²) in [5.41, 5.74) is 0.669. The number of nitrogens with zero attached hydrogens (tertiary/aromatic N) is 1. The van der Waals surface area contributed by atoms with E-state index < -0.39 is 6.04 Å². The van der Waals surface area contributed by atoms with Crippen LogP contribution in [0.15, 0.2) is 42.5 Å². The minimum absolute atomic E-state index is 0.134. The number of amides is 2. The zero-order chi connectivity index (χ0) is 20.0. The Morgan fingerprint density at radius 1 is 1.11 bits per heavy atom. The zero-order valence-electron chi connectivity index (χ0n) is 14.8. The maximum atomic E-state index is 12.8. The van der Waals surface area contributed by atoms with Gasteiger partial charge in [0.25, 0.3) is 5.91 Å². The molecule has 27 heavy (non-hydrogen) atoms. The van der Waals surface area contributed by atoms with Crippen LogP contribution < -0.4 is 10.1 Å². The molecule has 1 N–H and O–H groups in total. The van der Waals surface area contributed by atoms with Crippen LogP contribution >= 0.6 is 34.8 Å². The predicted molar refractivity (Wildman–Crippen MR) is 107 cm³/mol. The summed E-state index contributed by atoms with van der Waals surface area (Å²) in [6.45, 7) is 1.50. The molecular weight excluding hydrogens is 411 g/mol. The molecule has 0 fully saturated rings. The van der Waals surface area contributed by atoms with Crippen molar-refractivity contribution in [2.24, 2.45) is 0 Å². The summed E-state index contributed by atoms with van der Waals surface area (Å²) in [4.78, 5) is 26.3. The van der Waals surface area contributed by atoms with Crippen molar-refractivity contribution in [2.45, 2.75) is 19.5 Å². The molecule has 144 valence electrons. The van der Waals surface area contributed by atoms with E-state index in [4.69, 9.17) is 39.5 Å². The molecule has 2 aromatic rings. The number of nitrogens with one attached hydrogen (secondary N) is 1. The number of benzene rings is 2. The highest BCUT2D eigenvalue weighted by molar-refractivity contribution is 6.35. The molecule has 0 aliphatic heterocycles. The van der Waals surface area contributed by atoms with Gasteiger partial charge in [0.15, 0.2) is 6.61 Å². The summed E-state index contributed by atoms with van der Waals surface area (Å²) >= 11 is 18.2. The van der Waals surface area contributed by atoms with E-state index in [1.54, 1.807) is 49.4 Å². The van der Waals surface area contributed by atoms with E-state index in [-0.39, 0.29) is 25.0 Å². The number of rotatable bonds is 7. The van der Waals surface area contributed by atoms with Gasteiger partial charge in [-0.05, 0) is 36.8 Å². The Morgan fingerprint density at radius 3 is 2.44 bits per heavy atom. The lowest BCUT2D eigenvalue weighted by Crippen LogP contribution is -2.48. The molecule has 0 saturated carbocycles. The van der Waals surface area contributed by atoms with E-state index in [0.717, 1.165) is 0 Å². The fourth-order valence-corrected chi connectivity index (χ4v) is 3.07. The average Bonchev–Trinajstić information content (AvgIpc) is 2.65. The number of ether oxygens (including phenoxy) is 1. The third-order valence-corrected chi connectivity index (χ3v) is 4.86. The fourth-order valence-electron chi connectivity index (χ4n) is 2.41. The lowest BCUT2D eigenvalue weighted by Gasteiger charge is -2.28. The second-order valence-electron chi connectivity index (χ2n) is 5.77. The third kappa shape index (κ3) is 5.76. The van der Waals surface area contributed by atoms with Crippen molar-refractivity contribution in [3.8, 4) is 5.75 Å². The van der Waals surface area contributed by atoms with E-state index in [9.17, 15) is 9.59 Å². The standard InChI is InChI=1S/C19H19Cl3N2O3/c1-12(19(26)23-2)24(10-13-7-8-14(20)9-16(13)22)18(25)11-27-17-6-4-3-5-15(17)21/h3-9,12H,10-11H2,1-2H3,(H,23,26). The number of carbonyl (C=O) groups is 2. The van der Waals surface area contributed by atoms with Gasteiger partial charge in [0.05, 0.1) is 5.02 Å². The fraction of sp³-hybridized carbons (Fsp3) is 0.263. The number of hydrogen-bond donors (Lipinski definition) is 1. The molecule has 1 atom stereocenters. The molecule has 2 rings (SSSR count). The van der Waals surface area contributed by atoms with Crippen LogP contribution in [0.25, 0.3) is 0 Å². The Bertz CT molecular complexity index is 830. The molecule has 0 aliphatic carbocycles.